The third-order valence-corrected chi connectivity index (χ3v) is 4.31. The molecule has 0 spiro atoms. The van der Waals surface area contributed by atoms with Crippen molar-refractivity contribution in [3.8, 4) is 0 Å². The van der Waals surface area contributed by atoms with E-state index in [0.29, 0.717) is 12.5 Å². The summed E-state index contributed by atoms with van der Waals surface area (Å²) in [6.07, 6.45) is 3.03. The predicted octanol–water partition coefficient (Wildman–Crippen LogP) is 2.54. The van der Waals surface area contributed by atoms with Gasteiger partial charge in [-0.1, -0.05) is 37.3 Å². The van der Waals surface area contributed by atoms with Crippen LogP contribution in [-0.4, -0.2) is 18.1 Å². The fourth-order valence-electron chi connectivity index (χ4n) is 2.01. The second-order valence-electron chi connectivity index (χ2n) is 4.55. The maximum absolute atomic E-state index is 5.86. The van der Waals surface area contributed by atoms with Gasteiger partial charge < -0.3 is 11.1 Å². The molecule has 0 radical (unpaired) electrons. The SMILES string of the molecule is CCc1cnc(CNCC(CN)c2ccccc2)s1. The molecule has 0 aliphatic carbocycles. The van der Waals surface area contributed by atoms with Crippen molar-refractivity contribution < 1.29 is 0 Å². The largest absolute Gasteiger partial charge is 0.330 e. The van der Waals surface area contributed by atoms with Gasteiger partial charge in [-0.25, -0.2) is 4.98 Å². The van der Waals surface area contributed by atoms with E-state index in [1.54, 1.807) is 11.3 Å². The first-order valence-electron chi connectivity index (χ1n) is 6.72. The predicted molar refractivity (Wildman–Crippen MR) is 81.4 cm³/mol. The van der Waals surface area contributed by atoms with E-state index in [0.717, 1.165) is 24.5 Å². The molecular weight excluding hydrogens is 254 g/mol. The Bertz CT molecular complexity index is 481. The van der Waals surface area contributed by atoms with Crippen molar-refractivity contribution in [1.29, 1.82) is 0 Å². The number of nitrogens with zero attached hydrogens (tertiary/aromatic N) is 1. The van der Waals surface area contributed by atoms with Crippen molar-refractivity contribution >= 4 is 11.3 Å². The maximum atomic E-state index is 5.86. The van der Waals surface area contributed by atoms with Crippen molar-refractivity contribution in [1.82, 2.24) is 10.3 Å². The Morgan fingerprint density at radius 2 is 2.11 bits per heavy atom. The molecule has 3 N–H and O–H groups in total. The molecule has 1 heterocycles. The standard InChI is InChI=1S/C15H21N3S/c1-2-14-10-18-15(19-14)11-17-9-13(8-16)12-6-4-3-5-7-12/h3-7,10,13,17H,2,8-9,11,16H2,1H3. The molecule has 102 valence electrons. The van der Waals surface area contributed by atoms with Crippen LogP contribution in [0.3, 0.4) is 0 Å². The van der Waals surface area contributed by atoms with Crippen LogP contribution >= 0.6 is 11.3 Å². The van der Waals surface area contributed by atoms with Crippen molar-refractivity contribution in [2.45, 2.75) is 25.8 Å². The van der Waals surface area contributed by atoms with Crippen LogP contribution in [0.5, 0.6) is 0 Å². The molecule has 0 bridgehead atoms. The quantitative estimate of drug-likeness (QED) is 0.816. The fourth-order valence-corrected chi connectivity index (χ4v) is 2.84. The van der Waals surface area contributed by atoms with Gasteiger partial charge >= 0.3 is 0 Å². The van der Waals surface area contributed by atoms with Gasteiger partial charge in [0.2, 0.25) is 0 Å². The molecular formula is C15H21N3S. The van der Waals surface area contributed by atoms with Gasteiger partial charge in [-0.15, -0.1) is 11.3 Å². The average molecular weight is 275 g/mol. The Morgan fingerprint density at radius 3 is 2.74 bits per heavy atom. The zero-order valence-electron chi connectivity index (χ0n) is 11.3. The minimum absolute atomic E-state index is 0.367. The van der Waals surface area contributed by atoms with Gasteiger partial charge in [0.25, 0.3) is 0 Å². The molecule has 2 rings (SSSR count). The lowest BCUT2D eigenvalue weighted by Crippen LogP contribution is -2.26. The third-order valence-electron chi connectivity index (χ3n) is 3.17. The topological polar surface area (TPSA) is 50.9 Å². The molecule has 4 heteroatoms. The van der Waals surface area contributed by atoms with E-state index in [1.807, 2.05) is 12.3 Å². The second-order valence-corrected chi connectivity index (χ2v) is 5.75. The van der Waals surface area contributed by atoms with Crippen LogP contribution in [0.1, 0.15) is 28.3 Å². The summed E-state index contributed by atoms with van der Waals surface area (Å²) >= 11 is 1.78. The summed E-state index contributed by atoms with van der Waals surface area (Å²) in [5.41, 5.74) is 7.15. The molecule has 1 aromatic carbocycles. The molecule has 0 saturated carbocycles. The molecule has 3 nitrogen and oxygen atoms in total. The Kier molecular flexibility index (Phi) is 5.51. The number of nitrogens with one attached hydrogen (secondary N) is 1. The highest BCUT2D eigenvalue weighted by Crippen LogP contribution is 2.15. The van der Waals surface area contributed by atoms with Crippen molar-refractivity contribution in [2.75, 3.05) is 13.1 Å². The summed E-state index contributed by atoms with van der Waals surface area (Å²) < 4.78 is 0. The summed E-state index contributed by atoms with van der Waals surface area (Å²) in [4.78, 5) is 5.75. The first-order valence-corrected chi connectivity index (χ1v) is 7.54. The van der Waals surface area contributed by atoms with Gasteiger partial charge in [0.1, 0.15) is 5.01 Å². The lowest BCUT2D eigenvalue weighted by molar-refractivity contribution is 0.587. The van der Waals surface area contributed by atoms with Crippen LogP contribution in [0.25, 0.3) is 0 Å². The van der Waals surface area contributed by atoms with E-state index in [-0.39, 0.29) is 0 Å². The minimum atomic E-state index is 0.367. The normalized spacial score (nSPS) is 12.5. The Morgan fingerprint density at radius 1 is 1.32 bits per heavy atom. The highest BCUT2D eigenvalue weighted by atomic mass is 32.1. The van der Waals surface area contributed by atoms with Gasteiger partial charge in [0.05, 0.1) is 0 Å². The van der Waals surface area contributed by atoms with Crippen molar-refractivity contribution in [2.24, 2.45) is 5.73 Å². The summed E-state index contributed by atoms with van der Waals surface area (Å²) in [6, 6.07) is 10.4. The van der Waals surface area contributed by atoms with Crippen LogP contribution in [0.4, 0.5) is 0 Å². The Labute approximate surface area is 118 Å². The van der Waals surface area contributed by atoms with E-state index in [9.17, 15) is 0 Å². The van der Waals surface area contributed by atoms with Crippen molar-refractivity contribution in [3.63, 3.8) is 0 Å². The molecule has 0 aliphatic rings. The van der Waals surface area contributed by atoms with Crippen LogP contribution in [0.2, 0.25) is 0 Å². The van der Waals surface area contributed by atoms with Gasteiger partial charge in [0, 0.05) is 36.6 Å². The molecule has 19 heavy (non-hydrogen) atoms. The fraction of sp³-hybridized carbons (Fsp3) is 0.400. The zero-order chi connectivity index (χ0) is 13.5. The highest BCUT2D eigenvalue weighted by molar-refractivity contribution is 7.11. The third kappa shape index (κ3) is 4.13. The van der Waals surface area contributed by atoms with Crippen molar-refractivity contribution in [3.05, 3.63) is 52.0 Å². The summed E-state index contributed by atoms with van der Waals surface area (Å²) in [7, 11) is 0. The average Bonchev–Trinajstić information content (AvgIpc) is 2.92. The number of aryl methyl sites for hydroxylation is 1. The molecule has 0 aliphatic heterocycles. The van der Waals surface area contributed by atoms with E-state index in [1.165, 1.54) is 10.4 Å². The van der Waals surface area contributed by atoms with Crippen LogP contribution < -0.4 is 11.1 Å². The second kappa shape index (κ2) is 7.38. The molecule has 0 amide bonds. The summed E-state index contributed by atoms with van der Waals surface area (Å²) in [6.45, 7) is 4.54. The smallest absolute Gasteiger partial charge is 0.107 e. The molecule has 1 unspecified atom stereocenters. The monoisotopic (exact) mass is 275 g/mol. The molecule has 1 aromatic heterocycles. The van der Waals surface area contributed by atoms with E-state index in [2.05, 4.69) is 41.5 Å². The number of nitrogens with two attached hydrogens (primary N) is 1. The van der Waals surface area contributed by atoms with E-state index < -0.39 is 0 Å². The summed E-state index contributed by atoms with van der Waals surface area (Å²) in [5.74, 6) is 0.367. The number of rotatable bonds is 7. The first-order chi connectivity index (χ1) is 9.33. The Hall–Kier alpha value is -1.23. The number of aromatic nitrogens is 1. The van der Waals surface area contributed by atoms with Crippen LogP contribution in [-0.2, 0) is 13.0 Å². The van der Waals surface area contributed by atoms with Gasteiger partial charge in [-0.2, -0.15) is 0 Å². The van der Waals surface area contributed by atoms with Gasteiger partial charge in [0.15, 0.2) is 0 Å². The molecule has 0 fully saturated rings. The molecule has 2 aromatic rings. The van der Waals surface area contributed by atoms with Crippen LogP contribution in [0, 0.1) is 0 Å². The number of hydrogen-bond acceptors (Lipinski definition) is 4. The molecule has 1 atom stereocenters. The Balaban J connectivity index is 1.83. The lowest BCUT2D eigenvalue weighted by atomic mass is 9.99. The van der Waals surface area contributed by atoms with Crippen LogP contribution in [0.15, 0.2) is 36.5 Å². The van der Waals surface area contributed by atoms with E-state index in [4.69, 9.17) is 5.73 Å². The minimum Gasteiger partial charge on any atom is -0.330 e. The van der Waals surface area contributed by atoms with E-state index >= 15 is 0 Å². The number of thiazole rings is 1. The highest BCUT2D eigenvalue weighted by Gasteiger charge is 2.09. The molecule has 0 saturated heterocycles. The maximum Gasteiger partial charge on any atom is 0.107 e. The lowest BCUT2D eigenvalue weighted by Gasteiger charge is -2.15. The number of hydrogen-bond donors (Lipinski definition) is 2. The number of benzene rings is 1. The summed E-state index contributed by atoms with van der Waals surface area (Å²) in [5, 5.41) is 4.61. The van der Waals surface area contributed by atoms with Gasteiger partial charge in [-0.05, 0) is 12.0 Å². The van der Waals surface area contributed by atoms with Gasteiger partial charge in [-0.3, -0.25) is 0 Å². The zero-order valence-corrected chi connectivity index (χ0v) is 12.1. The first kappa shape index (κ1) is 14.2.